The lowest BCUT2D eigenvalue weighted by molar-refractivity contribution is -0.147. The largest absolute Gasteiger partial charge is 0.375 e. The molecule has 1 aromatic carbocycles. The summed E-state index contributed by atoms with van der Waals surface area (Å²) in [6.45, 7) is 3.54. The van der Waals surface area contributed by atoms with Crippen LogP contribution in [0.4, 0.5) is 0 Å². The van der Waals surface area contributed by atoms with Crippen LogP contribution in [0.25, 0.3) is 0 Å². The normalized spacial score (nSPS) is 31.0. The molecule has 1 N–H and O–H groups in total. The molecule has 3 aliphatic rings. The summed E-state index contributed by atoms with van der Waals surface area (Å²) < 4.78 is 11.6. The van der Waals surface area contributed by atoms with E-state index in [1.54, 1.807) is 0 Å². The van der Waals surface area contributed by atoms with Crippen LogP contribution in [0.2, 0.25) is 0 Å². The topological polar surface area (TPSA) is 50.8 Å². The van der Waals surface area contributed by atoms with Crippen LogP contribution in [0, 0.1) is 0 Å². The Hall–Kier alpha value is -1.43. The average Bonchev–Trinajstić information content (AvgIpc) is 3.15. The molecule has 1 amide bonds. The van der Waals surface area contributed by atoms with Gasteiger partial charge in [0.15, 0.2) is 0 Å². The lowest BCUT2D eigenvalue weighted by Gasteiger charge is -2.38. The molecule has 0 aromatic heterocycles. The predicted octanol–water partition coefficient (Wildman–Crippen LogP) is 1.11. The zero-order valence-electron chi connectivity index (χ0n) is 13.4. The average molecular weight is 316 g/mol. The van der Waals surface area contributed by atoms with Gasteiger partial charge in [0.05, 0.1) is 18.8 Å². The van der Waals surface area contributed by atoms with Gasteiger partial charge < -0.3 is 19.7 Å². The fourth-order valence-electron chi connectivity index (χ4n) is 3.85. The summed E-state index contributed by atoms with van der Waals surface area (Å²) in [6, 6.07) is 8.24. The smallest absolute Gasteiger partial charge is 0.240 e. The Kier molecular flexibility index (Phi) is 4.33. The number of benzene rings is 1. The van der Waals surface area contributed by atoms with E-state index in [0.717, 1.165) is 32.4 Å². The zero-order valence-corrected chi connectivity index (χ0v) is 13.4. The lowest BCUT2D eigenvalue weighted by atomic mass is 9.95. The van der Waals surface area contributed by atoms with Gasteiger partial charge in [-0.15, -0.1) is 0 Å². The summed E-state index contributed by atoms with van der Waals surface area (Å²) in [7, 11) is 0. The van der Waals surface area contributed by atoms with E-state index in [1.807, 2.05) is 11.0 Å². The third kappa shape index (κ3) is 3.13. The maximum absolute atomic E-state index is 12.9. The van der Waals surface area contributed by atoms with Gasteiger partial charge in [0.25, 0.3) is 0 Å². The molecule has 0 aliphatic carbocycles. The molecule has 0 spiro atoms. The Bertz CT molecular complexity index is 571. The van der Waals surface area contributed by atoms with Crippen LogP contribution in [-0.2, 0) is 27.2 Å². The molecule has 3 heterocycles. The first-order valence-corrected chi connectivity index (χ1v) is 8.63. The third-order valence-electron chi connectivity index (χ3n) is 5.16. The summed E-state index contributed by atoms with van der Waals surface area (Å²) >= 11 is 0. The molecule has 5 nitrogen and oxygen atoms in total. The van der Waals surface area contributed by atoms with Gasteiger partial charge >= 0.3 is 0 Å². The maximum Gasteiger partial charge on any atom is 0.240 e. The van der Waals surface area contributed by atoms with E-state index < -0.39 is 0 Å². The standard InChI is InChI=1S/C18H24N2O3/c21-18(15-10-13-4-1-2-5-14(13)11-19-15)20-7-9-23-17(12-20)16-6-3-8-22-16/h1-2,4-5,15-17,19H,3,6-12H2/t15-,16-,17+/m0/s1. The second kappa shape index (κ2) is 6.59. The molecule has 0 saturated carbocycles. The molecule has 4 rings (SSSR count). The summed E-state index contributed by atoms with van der Waals surface area (Å²) in [5, 5.41) is 3.39. The highest BCUT2D eigenvalue weighted by Gasteiger charge is 2.35. The molecule has 2 saturated heterocycles. The van der Waals surface area contributed by atoms with Gasteiger partial charge in [-0.25, -0.2) is 0 Å². The number of morpholine rings is 1. The van der Waals surface area contributed by atoms with Crippen molar-refractivity contribution in [3.05, 3.63) is 35.4 Å². The van der Waals surface area contributed by atoms with Gasteiger partial charge in [-0.2, -0.15) is 0 Å². The van der Waals surface area contributed by atoms with E-state index in [0.29, 0.717) is 19.7 Å². The predicted molar refractivity (Wildman–Crippen MR) is 86.1 cm³/mol. The molecule has 0 bridgehead atoms. The minimum absolute atomic E-state index is 0.0334. The van der Waals surface area contributed by atoms with Crippen LogP contribution in [-0.4, -0.2) is 55.4 Å². The van der Waals surface area contributed by atoms with Crippen molar-refractivity contribution < 1.29 is 14.3 Å². The minimum atomic E-state index is -0.117. The second-order valence-electron chi connectivity index (χ2n) is 6.65. The van der Waals surface area contributed by atoms with Crippen LogP contribution in [0.3, 0.4) is 0 Å². The number of rotatable bonds is 2. The number of carbonyl (C=O) groups is 1. The molecular weight excluding hydrogens is 292 g/mol. The fraction of sp³-hybridized carbons (Fsp3) is 0.611. The molecule has 2 fully saturated rings. The van der Waals surface area contributed by atoms with Crippen LogP contribution >= 0.6 is 0 Å². The fourth-order valence-corrected chi connectivity index (χ4v) is 3.85. The maximum atomic E-state index is 12.9. The highest BCUT2D eigenvalue weighted by Crippen LogP contribution is 2.22. The number of fused-ring (bicyclic) bond motifs is 1. The minimum Gasteiger partial charge on any atom is -0.375 e. The van der Waals surface area contributed by atoms with Crippen molar-refractivity contribution in [2.45, 2.75) is 44.1 Å². The van der Waals surface area contributed by atoms with Gasteiger partial charge in [-0.05, 0) is 30.4 Å². The molecule has 0 radical (unpaired) electrons. The molecule has 124 valence electrons. The van der Waals surface area contributed by atoms with Gasteiger partial charge in [0.2, 0.25) is 5.91 Å². The van der Waals surface area contributed by atoms with Crippen molar-refractivity contribution in [2.24, 2.45) is 0 Å². The zero-order chi connectivity index (χ0) is 15.6. The molecule has 5 heteroatoms. The van der Waals surface area contributed by atoms with Crippen LogP contribution in [0.15, 0.2) is 24.3 Å². The quantitative estimate of drug-likeness (QED) is 0.888. The first-order chi connectivity index (χ1) is 11.3. The van der Waals surface area contributed by atoms with Gasteiger partial charge in [-0.1, -0.05) is 24.3 Å². The highest BCUT2D eigenvalue weighted by molar-refractivity contribution is 5.82. The second-order valence-corrected chi connectivity index (χ2v) is 6.65. The number of hydrogen-bond acceptors (Lipinski definition) is 4. The number of nitrogens with zero attached hydrogens (tertiary/aromatic N) is 1. The SMILES string of the molecule is O=C([C@@H]1Cc2ccccc2CN1)N1CCO[C@@H]([C@@H]2CCCO2)C1. The van der Waals surface area contributed by atoms with Crippen molar-refractivity contribution in [3.8, 4) is 0 Å². The Morgan fingerprint density at radius 1 is 1.13 bits per heavy atom. The monoisotopic (exact) mass is 316 g/mol. The Morgan fingerprint density at radius 2 is 1.96 bits per heavy atom. The Morgan fingerprint density at radius 3 is 2.78 bits per heavy atom. The molecule has 0 unspecified atom stereocenters. The molecule has 3 aliphatic heterocycles. The molecule has 3 atom stereocenters. The molecular formula is C18H24N2O3. The third-order valence-corrected chi connectivity index (χ3v) is 5.16. The van der Waals surface area contributed by atoms with E-state index in [2.05, 4.69) is 23.5 Å². The molecule has 23 heavy (non-hydrogen) atoms. The summed E-state index contributed by atoms with van der Waals surface area (Å²) in [6.07, 6.45) is 3.11. The number of ether oxygens (including phenoxy) is 2. The van der Waals surface area contributed by atoms with Gasteiger partial charge in [0.1, 0.15) is 6.10 Å². The van der Waals surface area contributed by atoms with Crippen molar-refractivity contribution in [2.75, 3.05) is 26.3 Å². The Balaban J connectivity index is 1.40. The van der Waals surface area contributed by atoms with Crippen molar-refractivity contribution >= 4 is 5.91 Å². The molecule has 1 aromatic rings. The van der Waals surface area contributed by atoms with Crippen LogP contribution in [0.1, 0.15) is 24.0 Å². The van der Waals surface area contributed by atoms with Crippen molar-refractivity contribution in [1.29, 1.82) is 0 Å². The van der Waals surface area contributed by atoms with E-state index in [1.165, 1.54) is 11.1 Å². The van der Waals surface area contributed by atoms with Crippen LogP contribution in [0.5, 0.6) is 0 Å². The summed E-state index contributed by atoms with van der Waals surface area (Å²) in [4.78, 5) is 14.9. The highest BCUT2D eigenvalue weighted by atomic mass is 16.5. The van der Waals surface area contributed by atoms with Crippen LogP contribution < -0.4 is 5.32 Å². The Labute approximate surface area is 136 Å². The van der Waals surface area contributed by atoms with Gasteiger partial charge in [0, 0.05) is 26.2 Å². The first-order valence-electron chi connectivity index (χ1n) is 8.63. The first kappa shape index (κ1) is 15.1. The van der Waals surface area contributed by atoms with E-state index >= 15 is 0 Å². The van der Waals surface area contributed by atoms with Crippen molar-refractivity contribution in [3.63, 3.8) is 0 Å². The van der Waals surface area contributed by atoms with E-state index in [4.69, 9.17) is 9.47 Å². The van der Waals surface area contributed by atoms with E-state index in [9.17, 15) is 4.79 Å². The number of hydrogen-bond donors (Lipinski definition) is 1. The lowest BCUT2D eigenvalue weighted by Crippen LogP contribution is -2.56. The number of nitrogens with one attached hydrogen (secondary N) is 1. The summed E-state index contributed by atoms with van der Waals surface area (Å²) in [5.74, 6) is 0.200. The van der Waals surface area contributed by atoms with Gasteiger partial charge in [-0.3, -0.25) is 4.79 Å². The number of amides is 1. The number of carbonyl (C=O) groups excluding carboxylic acids is 1. The summed E-state index contributed by atoms with van der Waals surface area (Å²) in [5.41, 5.74) is 2.59. The van der Waals surface area contributed by atoms with Crippen molar-refractivity contribution in [1.82, 2.24) is 10.2 Å². The van der Waals surface area contributed by atoms with E-state index in [-0.39, 0.29) is 24.2 Å².